The van der Waals surface area contributed by atoms with Crippen LogP contribution >= 0.6 is 31.9 Å². The topological polar surface area (TPSA) is 0 Å². The number of fused-ring (bicyclic) bond motifs is 3. The van der Waals surface area contributed by atoms with E-state index in [1.54, 1.807) is 0 Å². The highest BCUT2D eigenvalue weighted by molar-refractivity contribution is 9.10. The molecule has 0 nitrogen and oxygen atoms in total. The lowest BCUT2D eigenvalue weighted by Gasteiger charge is -2.34. The molecule has 7 rings (SSSR count). The van der Waals surface area contributed by atoms with Crippen LogP contribution in [0.5, 0.6) is 0 Å². The molecule has 0 aromatic heterocycles. The molecule has 1 aliphatic carbocycles. The van der Waals surface area contributed by atoms with Crippen molar-refractivity contribution in [3.63, 3.8) is 0 Å². The van der Waals surface area contributed by atoms with Crippen molar-refractivity contribution < 1.29 is 0 Å². The van der Waals surface area contributed by atoms with Crippen molar-refractivity contribution in [3.8, 4) is 33.4 Å². The number of hydrogen-bond donors (Lipinski definition) is 0. The maximum Gasteiger partial charge on any atom is 0.0714 e. The molecule has 1 aliphatic rings. The van der Waals surface area contributed by atoms with Gasteiger partial charge in [0.2, 0.25) is 0 Å². The molecule has 0 aliphatic heterocycles. The van der Waals surface area contributed by atoms with Crippen LogP contribution in [0.25, 0.3) is 33.4 Å². The Hall–Kier alpha value is -3.72. The molecule has 0 heterocycles. The molecule has 0 amide bonds. The van der Waals surface area contributed by atoms with Crippen LogP contribution in [0.3, 0.4) is 0 Å². The van der Waals surface area contributed by atoms with Gasteiger partial charge in [0, 0.05) is 8.95 Å². The number of benzene rings is 6. The maximum atomic E-state index is 3.80. The van der Waals surface area contributed by atoms with Crippen molar-refractivity contribution in [1.82, 2.24) is 0 Å². The zero-order valence-electron chi connectivity index (χ0n) is 21.1. The van der Waals surface area contributed by atoms with Gasteiger partial charge in [-0.05, 0) is 79.9 Å². The van der Waals surface area contributed by atoms with E-state index in [0.29, 0.717) is 0 Å². The molecule has 0 spiro atoms. The molecule has 0 N–H and O–H groups in total. The highest BCUT2D eigenvalue weighted by Gasteiger charge is 2.46. The molecule has 6 aromatic carbocycles. The minimum absolute atomic E-state index is 0.456. The quantitative estimate of drug-likeness (QED) is 0.182. The summed E-state index contributed by atoms with van der Waals surface area (Å²) in [7, 11) is 0. The Labute approximate surface area is 246 Å². The predicted molar refractivity (Wildman–Crippen MR) is 170 cm³/mol. The molecule has 0 bridgehead atoms. The Morgan fingerprint density at radius 2 is 0.718 bits per heavy atom. The van der Waals surface area contributed by atoms with Crippen LogP contribution in [-0.4, -0.2) is 0 Å². The first-order valence-corrected chi connectivity index (χ1v) is 14.7. The van der Waals surface area contributed by atoms with Crippen LogP contribution < -0.4 is 0 Å². The standard InChI is InChI=1S/C37H24Br2/c38-31-19-21-33-34-22-20-32(39)24-36(34)37(35(33)23-31,29-15-11-27(12-16-29)25-7-3-1-4-8-25)30-17-13-28(14-18-30)26-9-5-2-6-10-26/h1-24H. The largest absolute Gasteiger partial charge is 0.0714 e. The first-order chi connectivity index (χ1) is 19.1. The van der Waals surface area contributed by atoms with Crippen LogP contribution in [0.4, 0.5) is 0 Å². The van der Waals surface area contributed by atoms with E-state index in [9.17, 15) is 0 Å². The van der Waals surface area contributed by atoms with Gasteiger partial charge in [0.15, 0.2) is 0 Å². The van der Waals surface area contributed by atoms with Gasteiger partial charge in [-0.2, -0.15) is 0 Å². The molecule has 0 unspecified atom stereocenters. The average molecular weight is 628 g/mol. The van der Waals surface area contributed by atoms with Gasteiger partial charge in [0.25, 0.3) is 0 Å². The Morgan fingerprint density at radius 3 is 1.10 bits per heavy atom. The molecule has 39 heavy (non-hydrogen) atoms. The van der Waals surface area contributed by atoms with E-state index in [1.807, 2.05) is 0 Å². The normalized spacial score (nSPS) is 13.1. The second kappa shape index (κ2) is 9.79. The molecule has 2 heteroatoms. The summed E-state index contributed by atoms with van der Waals surface area (Å²) in [6, 6.07) is 52.9. The first kappa shape index (κ1) is 24.3. The summed E-state index contributed by atoms with van der Waals surface area (Å²) in [6.07, 6.45) is 0. The molecule has 0 saturated heterocycles. The van der Waals surface area contributed by atoms with Gasteiger partial charge >= 0.3 is 0 Å². The summed E-state index contributed by atoms with van der Waals surface area (Å²) in [6.45, 7) is 0. The smallest absolute Gasteiger partial charge is 0.0622 e. The van der Waals surface area contributed by atoms with Gasteiger partial charge in [0.05, 0.1) is 5.41 Å². The molecule has 186 valence electrons. The second-order valence-electron chi connectivity index (χ2n) is 10.0. The maximum absolute atomic E-state index is 3.80. The van der Waals surface area contributed by atoms with Crippen molar-refractivity contribution in [2.45, 2.75) is 5.41 Å². The van der Waals surface area contributed by atoms with Crippen molar-refractivity contribution in [3.05, 3.63) is 177 Å². The second-order valence-corrected chi connectivity index (χ2v) is 11.8. The van der Waals surface area contributed by atoms with Crippen LogP contribution in [-0.2, 0) is 5.41 Å². The molecule has 0 saturated carbocycles. The number of halogens is 2. The third-order valence-corrected chi connectivity index (χ3v) is 8.90. The minimum Gasteiger partial charge on any atom is -0.0622 e. The highest BCUT2D eigenvalue weighted by atomic mass is 79.9. The summed E-state index contributed by atoms with van der Waals surface area (Å²) in [4.78, 5) is 0. The third-order valence-electron chi connectivity index (χ3n) is 7.91. The van der Waals surface area contributed by atoms with Crippen molar-refractivity contribution in [2.75, 3.05) is 0 Å². The van der Waals surface area contributed by atoms with E-state index in [2.05, 4.69) is 177 Å². The molecule has 0 fully saturated rings. The Morgan fingerprint density at radius 1 is 0.359 bits per heavy atom. The van der Waals surface area contributed by atoms with E-state index in [-0.39, 0.29) is 0 Å². The zero-order valence-corrected chi connectivity index (χ0v) is 24.3. The summed E-state index contributed by atoms with van der Waals surface area (Å²) >= 11 is 7.59. The predicted octanol–water partition coefficient (Wildman–Crippen LogP) is 10.9. The van der Waals surface area contributed by atoms with Gasteiger partial charge in [0.1, 0.15) is 0 Å². The lowest BCUT2D eigenvalue weighted by molar-refractivity contribution is 0.767. The van der Waals surface area contributed by atoms with Gasteiger partial charge in [-0.25, -0.2) is 0 Å². The molecule has 0 atom stereocenters. The summed E-state index contributed by atoms with van der Waals surface area (Å²) < 4.78 is 2.17. The van der Waals surface area contributed by atoms with E-state index in [0.717, 1.165) is 8.95 Å². The third kappa shape index (κ3) is 4.02. The van der Waals surface area contributed by atoms with Gasteiger partial charge in [-0.15, -0.1) is 0 Å². The van der Waals surface area contributed by atoms with E-state index < -0.39 is 5.41 Å². The van der Waals surface area contributed by atoms with Crippen molar-refractivity contribution in [2.24, 2.45) is 0 Å². The summed E-state index contributed by atoms with van der Waals surface area (Å²) in [5.41, 5.74) is 12.1. The van der Waals surface area contributed by atoms with Gasteiger partial charge in [-0.3, -0.25) is 0 Å². The first-order valence-electron chi connectivity index (χ1n) is 13.1. The molecular formula is C37H24Br2. The van der Waals surface area contributed by atoms with Crippen LogP contribution in [0.15, 0.2) is 155 Å². The van der Waals surface area contributed by atoms with Gasteiger partial charge < -0.3 is 0 Å². The Kier molecular flexibility index (Phi) is 6.11. The summed E-state index contributed by atoms with van der Waals surface area (Å²) in [5.74, 6) is 0. The van der Waals surface area contributed by atoms with Crippen molar-refractivity contribution in [1.29, 1.82) is 0 Å². The van der Waals surface area contributed by atoms with E-state index >= 15 is 0 Å². The fraction of sp³-hybridized carbons (Fsp3) is 0.0270. The van der Waals surface area contributed by atoms with Crippen molar-refractivity contribution >= 4 is 31.9 Å². The zero-order chi connectivity index (χ0) is 26.4. The SMILES string of the molecule is Brc1ccc2c(c1)C(c1ccc(-c3ccccc3)cc1)(c1ccc(-c3ccccc3)cc1)c1cc(Br)ccc1-2. The average Bonchev–Trinajstić information content (AvgIpc) is 3.27. The Balaban J connectivity index is 1.50. The van der Waals surface area contributed by atoms with E-state index in [1.165, 1.54) is 55.6 Å². The van der Waals surface area contributed by atoms with Gasteiger partial charge in [-0.1, -0.05) is 153 Å². The highest BCUT2D eigenvalue weighted by Crippen LogP contribution is 2.57. The lowest BCUT2D eigenvalue weighted by Crippen LogP contribution is -2.28. The molecule has 0 radical (unpaired) electrons. The van der Waals surface area contributed by atoms with Crippen LogP contribution in [0.2, 0.25) is 0 Å². The Bertz CT molecular complexity index is 1650. The number of rotatable bonds is 4. The minimum atomic E-state index is -0.456. The lowest BCUT2D eigenvalue weighted by atomic mass is 9.67. The van der Waals surface area contributed by atoms with Crippen LogP contribution in [0.1, 0.15) is 22.3 Å². The molecule has 6 aromatic rings. The summed E-state index contributed by atoms with van der Waals surface area (Å²) in [5, 5.41) is 0. The fourth-order valence-corrected chi connectivity index (χ4v) is 6.87. The molecular weight excluding hydrogens is 604 g/mol. The van der Waals surface area contributed by atoms with E-state index in [4.69, 9.17) is 0 Å². The monoisotopic (exact) mass is 626 g/mol. The number of hydrogen-bond acceptors (Lipinski definition) is 0. The fourth-order valence-electron chi connectivity index (χ4n) is 6.14. The van der Waals surface area contributed by atoms with Crippen LogP contribution in [0, 0.1) is 0 Å².